The van der Waals surface area contributed by atoms with Crippen molar-refractivity contribution >= 4 is 56.8 Å². The van der Waals surface area contributed by atoms with Gasteiger partial charge in [0.05, 0.1) is 11.1 Å². The van der Waals surface area contributed by atoms with E-state index in [9.17, 15) is 39.6 Å². The van der Waals surface area contributed by atoms with E-state index in [1.807, 2.05) is 27.7 Å². The lowest BCUT2D eigenvalue weighted by Gasteiger charge is -2.29. The molecule has 0 saturated carbocycles. The second-order valence-corrected chi connectivity index (χ2v) is 14.8. The molecule has 2 aliphatic rings. The number of ketones is 4. The highest BCUT2D eigenvalue weighted by Gasteiger charge is 2.38. The number of allylic oxidation sites excluding steroid dienone is 4. The number of aryl methyl sites for hydroxylation is 2. The van der Waals surface area contributed by atoms with Crippen molar-refractivity contribution in [1.29, 1.82) is 0 Å². The number of hydrogen-bond donors (Lipinski definition) is 6. The molecule has 0 heterocycles. The SMILES string of the molecule is CC(=O)c1ccc(NC=C2C(=O)C(O)=C(C(C)C)c3cc(C)c(-c4c(C)cc5c(c4O)C(=CNc4ccc(C(C)=O)cc4)C(=O)C(O)=C5C(C)C)c(O)c32)cc1. The van der Waals surface area contributed by atoms with E-state index in [4.69, 9.17) is 0 Å². The fourth-order valence-electron chi connectivity index (χ4n) is 7.54. The minimum absolute atomic E-state index is 0.0305. The van der Waals surface area contributed by atoms with Crippen molar-refractivity contribution in [2.45, 2.75) is 55.4 Å². The fourth-order valence-corrected chi connectivity index (χ4v) is 7.54. The molecule has 2 aliphatic carbocycles. The molecule has 10 heteroatoms. The first-order chi connectivity index (χ1) is 26.4. The van der Waals surface area contributed by atoms with Crippen LogP contribution in [0.1, 0.15) is 95.6 Å². The zero-order valence-corrected chi connectivity index (χ0v) is 32.5. The number of hydrogen-bond acceptors (Lipinski definition) is 10. The van der Waals surface area contributed by atoms with Crippen molar-refractivity contribution in [3.63, 3.8) is 0 Å². The first-order valence-electron chi connectivity index (χ1n) is 18.3. The van der Waals surface area contributed by atoms with Crippen molar-refractivity contribution in [1.82, 2.24) is 0 Å². The van der Waals surface area contributed by atoms with Crippen LogP contribution in [0.4, 0.5) is 11.4 Å². The maximum atomic E-state index is 13.9. The number of fused-ring (bicyclic) bond motifs is 2. The summed E-state index contributed by atoms with van der Waals surface area (Å²) in [5, 5.41) is 53.3. The van der Waals surface area contributed by atoms with Gasteiger partial charge in [-0.05, 0) is 110 Å². The third kappa shape index (κ3) is 6.68. The van der Waals surface area contributed by atoms with Crippen LogP contribution in [0.3, 0.4) is 0 Å². The molecule has 0 radical (unpaired) electrons. The van der Waals surface area contributed by atoms with Crippen molar-refractivity contribution in [2.24, 2.45) is 11.8 Å². The van der Waals surface area contributed by atoms with Gasteiger partial charge in [-0.3, -0.25) is 19.2 Å². The van der Waals surface area contributed by atoms with Crippen LogP contribution < -0.4 is 10.6 Å². The molecule has 0 atom stereocenters. The summed E-state index contributed by atoms with van der Waals surface area (Å²) in [6, 6.07) is 16.8. The Hall–Kier alpha value is -6.68. The maximum Gasteiger partial charge on any atom is 0.229 e. The van der Waals surface area contributed by atoms with Gasteiger partial charge in [-0.2, -0.15) is 0 Å². The first-order valence-corrected chi connectivity index (χ1v) is 18.3. The molecule has 0 saturated heterocycles. The molecule has 0 aromatic heterocycles. The molecular weight excluding hydrogens is 709 g/mol. The number of Topliss-reactive ketones (excluding diaryl/α,β-unsaturated/α-hetero) is 4. The Morgan fingerprint density at radius 1 is 0.554 bits per heavy atom. The lowest BCUT2D eigenvalue weighted by Crippen LogP contribution is -2.20. The number of phenolic OH excluding ortho intramolecular Hbond substituents is 2. The quantitative estimate of drug-likeness (QED) is 0.0714. The van der Waals surface area contributed by atoms with Gasteiger partial charge in [0.2, 0.25) is 11.6 Å². The Kier molecular flexibility index (Phi) is 10.4. The van der Waals surface area contributed by atoms with Crippen LogP contribution in [-0.2, 0) is 9.59 Å². The highest BCUT2D eigenvalue weighted by Crippen LogP contribution is 2.53. The Bertz CT molecular complexity index is 2320. The van der Waals surface area contributed by atoms with Crippen LogP contribution in [0.25, 0.3) is 33.4 Å². The monoisotopic (exact) mass is 752 g/mol. The molecule has 0 bridgehead atoms. The Morgan fingerprint density at radius 2 is 0.875 bits per heavy atom. The largest absolute Gasteiger partial charge is 0.507 e. The van der Waals surface area contributed by atoms with E-state index in [2.05, 4.69) is 10.6 Å². The van der Waals surface area contributed by atoms with Gasteiger partial charge in [0.1, 0.15) is 11.5 Å². The molecule has 4 aromatic rings. The number of anilines is 2. The minimum atomic E-state index is -0.717. The van der Waals surface area contributed by atoms with Crippen LogP contribution in [0.2, 0.25) is 0 Å². The molecule has 0 fully saturated rings. The van der Waals surface area contributed by atoms with Gasteiger partial charge in [0.15, 0.2) is 23.1 Å². The number of aromatic hydroxyl groups is 2. The number of aliphatic hydroxyl groups excluding tert-OH is 2. The third-order valence-corrected chi connectivity index (χ3v) is 10.3. The highest BCUT2D eigenvalue weighted by molar-refractivity contribution is 6.35. The van der Waals surface area contributed by atoms with Gasteiger partial charge in [-0.25, -0.2) is 0 Å². The zero-order chi connectivity index (χ0) is 40.9. The molecule has 0 spiro atoms. The van der Waals surface area contributed by atoms with Gasteiger partial charge in [-0.1, -0.05) is 39.8 Å². The lowest BCUT2D eigenvalue weighted by molar-refractivity contribution is -0.113. The van der Waals surface area contributed by atoms with Gasteiger partial charge in [0.25, 0.3) is 0 Å². The number of aliphatic hydroxyl groups is 2. The van der Waals surface area contributed by atoms with Crippen LogP contribution >= 0.6 is 0 Å². The van der Waals surface area contributed by atoms with Crippen molar-refractivity contribution in [3.05, 3.63) is 129 Å². The standard InChI is InChI=1S/C46H44N2O8/c1-21(2)35-31-17-23(5)37(43(53)39(31)33(41(51)45(35)55)19-47-29-13-9-27(10-14-29)25(7)49)38-24(6)18-32-36(22(3)4)46(56)42(52)34(40(32)44(38)54)20-48-30-15-11-28(12-16-30)26(8)50/h9-22,47-48,53-56H,1-8H3. The zero-order valence-electron chi connectivity index (χ0n) is 32.5. The summed E-state index contributed by atoms with van der Waals surface area (Å²) in [4.78, 5) is 51.5. The van der Waals surface area contributed by atoms with Crippen LogP contribution in [0.5, 0.6) is 11.5 Å². The summed E-state index contributed by atoms with van der Waals surface area (Å²) in [6.45, 7) is 13.7. The normalized spacial score (nSPS) is 15.5. The van der Waals surface area contributed by atoms with Gasteiger partial charge >= 0.3 is 0 Å². The summed E-state index contributed by atoms with van der Waals surface area (Å²) in [5.74, 6) is -3.81. The smallest absolute Gasteiger partial charge is 0.229 e. The second-order valence-electron chi connectivity index (χ2n) is 14.8. The average Bonchev–Trinajstić information content (AvgIpc) is 3.13. The molecule has 0 amide bonds. The number of carbonyl (C=O) groups is 4. The lowest BCUT2D eigenvalue weighted by atomic mass is 9.75. The molecule has 10 nitrogen and oxygen atoms in total. The number of carbonyl (C=O) groups excluding carboxylic acids is 4. The number of nitrogens with one attached hydrogen (secondary N) is 2. The molecule has 56 heavy (non-hydrogen) atoms. The summed E-state index contributed by atoms with van der Waals surface area (Å²) < 4.78 is 0. The predicted molar refractivity (Wildman–Crippen MR) is 220 cm³/mol. The molecule has 0 aliphatic heterocycles. The number of rotatable bonds is 9. The predicted octanol–water partition coefficient (Wildman–Crippen LogP) is 9.71. The van der Waals surface area contributed by atoms with Gasteiger partial charge in [-0.15, -0.1) is 0 Å². The summed E-state index contributed by atoms with van der Waals surface area (Å²) >= 11 is 0. The van der Waals surface area contributed by atoms with E-state index in [-0.39, 0.29) is 68.3 Å². The summed E-state index contributed by atoms with van der Waals surface area (Å²) in [6.07, 6.45) is 2.79. The maximum absolute atomic E-state index is 13.9. The third-order valence-electron chi connectivity index (χ3n) is 10.3. The first kappa shape index (κ1) is 39.0. The molecule has 6 N–H and O–H groups in total. The molecule has 4 aromatic carbocycles. The van der Waals surface area contributed by atoms with Gasteiger partial charge < -0.3 is 31.1 Å². The Labute approximate surface area is 325 Å². The molecule has 286 valence electrons. The van der Waals surface area contributed by atoms with E-state index >= 15 is 0 Å². The van der Waals surface area contributed by atoms with Gasteiger partial charge in [0, 0.05) is 68.3 Å². The highest BCUT2D eigenvalue weighted by atomic mass is 16.3. The fraction of sp³-hybridized carbons (Fsp3) is 0.217. The summed E-state index contributed by atoms with van der Waals surface area (Å²) in [7, 11) is 0. The van der Waals surface area contributed by atoms with Crippen molar-refractivity contribution in [2.75, 3.05) is 10.6 Å². The second kappa shape index (κ2) is 14.9. The van der Waals surface area contributed by atoms with E-state index in [1.54, 1.807) is 74.5 Å². The average molecular weight is 753 g/mol. The topological polar surface area (TPSA) is 173 Å². The number of benzene rings is 4. The van der Waals surface area contributed by atoms with Crippen molar-refractivity contribution in [3.8, 4) is 22.6 Å². The van der Waals surface area contributed by atoms with Crippen LogP contribution in [-0.4, -0.2) is 43.6 Å². The van der Waals surface area contributed by atoms with E-state index in [0.717, 1.165) is 0 Å². The summed E-state index contributed by atoms with van der Waals surface area (Å²) in [5.41, 5.74) is 5.38. The Morgan fingerprint density at radius 3 is 1.16 bits per heavy atom. The van der Waals surface area contributed by atoms with E-state index in [0.29, 0.717) is 55.9 Å². The molecule has 0 unspecified atom stereocenters. The van der Waals surface area contributed by atoms with E-state index < -0.39 is 23.1 Å². The molecule has 6 rings (SSSR count). The minimum Gasteiger partial charge on any atom is -0.507 e. The van der Waals surface area contributed by atoms with Crippen LogP contribution in [0, 0.1) is 25.7 Å². The van der Waals surface area contributed by atoms with Crippen molar-refractivity contribution < 1.29 is 39.6 Å². The van der Waals surface area contributed by atoms with Crippen LogP contribution in [0.15, 0.2) is 84.6 Å². The number of phenols is 2. The Balaban J connectivity index is 1.58. The van der Waals surface area contributed by atoms with E-state index in [1.165, 1.54) is 26.2 Å². The molecular formula is C46H44N2O8.